The lowest BCUT2D eigenvalue weighted by Gasteiger charge is -2.05. The Hall–Kier alpha value is -1.87. The van der Waals surface area contributed by atoms with Crippen molar-refractivity contribution >= 4 is 15.8 Å². The van der Waals surface area contributed by atoms with Crippen molar-refractivity contribution in [2.45, 2.75) is 24.9 Å². The fourth-order valence-corrected chi connectivity index (χ4v) is 2.40. The van der Waals surface area contributed by atoms with Gasteiger partial charge in [-0.1, -0.05) is 6.92 Å². The first kappa shape index (κ1) is 12.6. The van der Waals surface area contributed by atoms with Gasteiger partial charge in [0.1, 0.15) is 11.6 Å². The standard InChI is InChI=1S/C9H14N6O2S/c1-2-7-11-5-8(13-7)18(16,17)15-9-6(3-10)4-12-14-9/h4-5H,2-3,10H2,1H3,(H,11,13)(H2,12,14,15). The molecule has 98 valence electrons. The van der Waals surface area contributed by atoms with Crippen molar-refractivity contribution in [3.63, 3.8) is 0 Å². The van der Waals surface area contributed by atoms with Gasteiger partial charge in [0.2, 0.25) is 0 Å². The number of anilines is 1. The lowest BCUT2D eigenvalue weighted by atomic mass is 10.3. The molecule has 0 radical (unpaired) electrons. The van der Waals surface area contributed by atoms with Crippen molar-refractivity contribution in [2.24, 2.45) is 5.73 Å². The van der Waals surface area contributed by atoms with E-state index in [1.807, 2.05) is 6.92 Å². The molecule has 0 aliphatic rings. The maximum atomic E-state index is 12.0. The highest BCUT2D eigenvalue weighted by Gasteiger charge is 2.19. The Kier molecular flexibility index (Phi) is 3.34. The molecular formula is C9H14N6O2S. The van der Waals surface area contributed by atoms with E-state index in [1.54, 1.807) is 0 Å². The average Bonchev–Trinajstić information content (AvgIpc) is 2.96. The Balaban J connectivity index is 2.27. The molecule has 5 N–H and O–H groups in total. The van der Waals surface area contributed by atoms with Crippen LogP contribution in [0.3, 0.4) is 0 Å². The zero-order valence-corrected chi connectivity index (χ0v) is 10.6. The SMILES string of the molecule is CCc1ncc(S(=O)(=O)Nc2[nH]ncc2CN)[nH]1. The lowest BCUT2D eigenvalue weighted by Crippen LogP contribution is -2.15. The van der Waals surface area contributed by atoms with Gasteiger partial charge in [0.25, 0.3) is 10.0 Å². The van der Waals surface area contributed by atoms with E-state index < -0.39 is 10.0 Å². The van der Waals surface area contributed by atoms with Crippen LogP contribution in [-0.2, 0) is 23.0 Å². The first-order chi connectivity index (χ1) is 8.56. The number of hydrogen-bond acceptors (Lipinski definition) is 5. The molecule has 0 aliphatic heterocycles. The second kappa shape index (κ2) is 4.78. The van der Waals surface area contributed by atoms with Crippen molar-refractivity contribution in [1.29, 1.82) is 0 Å². The molecule has 2 rings (SSSR count). The number of imidazole rings is 1. The highest BCUT2D eigenvalue weighted by molar-refractivity contribution is 7.92. The van der Waals surface area contributed by atoms with Crippen LogP contribution in [0.25, 0.3) is 0 Å². The number of aryl methyl sites for hydroxylation is 1. The second-order valence-corrected chi connectivity index (χ2v) is 5.28. The molecule has 0 aliphatic carbocycles. The van der Waals surface area contributed by atoms with Crippen molar-refractivity contribution in [1.82, 2.24) is 20.2 Å². The summed E-state index contributed by atoms with van der Waals surface area (Å²) in [6.07, 6.45) is 3.38. The van der Waals surface area contributed by atoms with Gasteiger partial charge in [0.15, 0.2) is 5.03 Å². The number of aromatic nitrogens is 4. The topological polar surface area (TPSA) is 130 Å². The summed E-state index contributed by atoms with van der Waals surface area (Å²) in [5, 5.41) is 6.29. The summed E-state index contributed by atoms with van der Waals surface area (Å²) in [6.45, 7) is 2.07. The fourth-order valence-electron chi connectivity index (χ4n) is 1.40. The summed E-state index contributed by atoms with van der Waals surface area (Å²) in [6, 6.07) is 0. The van der Waals surface area contributed by atoms with Crippen LogP contribution in [-0.4, -0.2) is 28.6 Å². The fraction of sp³-hybridized carbons (Fsp3) is 0.333. The summed E-state index contributed by atoms with van der Waals surface area (Å²) < 4.78 is 26.4. The van der Waals surface area contributed by atoms with Crippen LogP contribution in [0.2, 0.25) is 0 Å². The highest BCUT2D eigenvalue weighted by Crippen LogP contribution is 2.15. The third-order valence-corrected chi connectivity index (χ3v) is 3.66. The maximum Gasteiger partial charge on any atom is 0.280 e. The van der Waals surface area contributed by atoms with Crippen LogP contribution >= 0.6 is 0 Å². The molecule has 0 amide bonds. The molecule has 0 saturated carbocycles. The van der Waals surface area contributed by atoms with Crippen LogP contribution in [0.5, 0.6) is 0 Å². The van der Waals surface area contributed by atoms with Gasteiger partial charge in [-0.15, -0.1) is 0 Å². The van der Waals surface area contributed by atoms with Crippen molar-refractivity contribution in [3.05, 3.63) is 23.8 Å². The molecule has 9 heteroatoms. The van der Waals surface area contributed by atoms with Gasteiger partial charge in [0, 0.05) is 18.5 Å². The number of H-pyrrole nitrogens is 2. The van der Waals surface area contributed by atoms with E-state index in [0.29, 0.717) is 17.8 Å². The minimum atomic E-state index is -3.70. The van der Waals surface area contributed by atoms with E-state index in [-0.39, 0.29) is 17.4 Å². The summed E-state index contributed by atoms with van der Waals surface area (Å²) in [4.78, 5) is 6.67. The Labute approximate surface area is 104 Å². The van der Waals surface area contributed by atoms with E-state index in [0.717, 1.165) is 0 Å². The Morgan fingerprint density at radius 2 is 2.22 bits per heavy atom. The van der Waals surface area contributed by atoms with Crippen LogP contribution < -0.4 is 10.5 Å². The zero-order chi connectivity index (χ0) is 13.2. The maximum absolute atomic E-state index is 12.0. The minimum absolute atomic E-state index is 0.0110. The minimum Gasteiger partial charge on any atom is -0.332 e. The van der Waals surface area contributed by atoms with Gasteiger partial charge in [-0.25, -0.2) is 4.98 Å². The van der Waals surface area contributed by atoms with E-state index >= 15 is 0 Å². The summed E-state index contributed by atoms with van der Waals surface area (Å²) >= 11 is 0. The third kappa shape index (κ3) is 2.36. The number of nitrogens with zero attached hydrogens (tertiary/aromatic N) is 2. The van der Waals surface area contributed by atoms with Gasteiger partial charge in [-0.05, 0) is 0 Å². The Morgan fingerprint density at radius 1 is 1.44 bits per heavy atom. The predicted octanol–water partition coefficient (Wildman–Crippen LogP) is -0.0453. The largest absolute Gasteiger partial charge is 0.332 e. The molecule has 0 bridgehead atoms. The van der Waals surface area contributed by atoms with Gasteiger partial charge >= 0.3 is 0 Å². The first-order valence-corrected chi connectivity index (χ1v) is 6.84. The molecular weight excluding hydrogens is 256 g/mol. The summed E-state index contributed by atoms with van der Waals surface area (Å²) in [5.41, 5.74) is 6.05. The average molecular weight is 270 g/mol. The molecule has 0 unspecified atom stereocenters. The van der Waals surface area contributed by atoms with Crippen LogP contribution in [0.1, 0.15) is 18.3 Å². The normalized spacial score (nSPS) is 11.7. The van der Waals surface area contributed by atoms with Gasteiger partial charge in [0.05, 0.1) is 12.4 Å². The molecule has 2 aromatic heterocycles. The molecule has 0 aromatic carbocycles. The van der Waals surface area contributed by atoms with Gasteiger partial charge in [-0.2, -0.15) is 13.5 Å². The zero-order valence-electron chi connectivity index (χ0n) is 9.77. The second-order valence-electron chi connectivity index (χ2n) is 3.63. The quantitative estimate of drug-likeness (QED) is 0.605. The van der Waals surface area contributed by atoms with E-state index in [4.69, 9.17) is 5.73 Å². The van der Waals surface area contributed by atoms with Crippen molar-refractivity contribution in [3.8, 4) is 0 Å². The molecule has 0 fully saturated rings. The van der Waals surface area contributed by atoms with Gasteiger partial charge in [-0.3, -0.25) is 9.82 Å². The number of aromatic amines is 2. The molecule has 0 atom stereocenters. The monoisotopic (exact) mass is 270 g/mol. The van der Waals surface area contributed by atoms with Crippen molar-refractivity contribution < 1.29 is 8.42 Å². The number of rotatable bonds is 5. The summed E-state index contributed by atoms with van der Waals surface area (Å²) in [7, 11) is -3.70. The van der Waals surface area contributed by atoms with Crippen molar-refractivity contribution in [2.75, 3.05) is 4.72 Å². The Morgan fingerprint density at radius 3 is 2.83 bits per heavy atom. The molecule has 18 heavy (non-hydrogen) atoms. The predicted molar refractivity (Wildman–Crippen MR) is 65.3 cm³/mol. The first-order valence-electron chi connectivity index (χ1n) is 5.36. The number of nitrogens with one attached hydrogen (secondary N) is 3. The van der Waals surface area contributed by atoms with E-state index in [1.165, 1.54) is 12.4 Å². The number of sulfonamides is 1. The lowest BCUT2D eigenvalue weighted by molar-refractivity contribution is 0.597. The molecule has 2 aromatic rings. The molecule has 8 nitrogen and oxygen atoms in total. The van der Waals surface area contributed by atoms with Crippen LogP contribution in [0, 0.1) is 0 Å². The van der Waals surface area contributed by atoms with Crippen LogP contribution in [0.4, 0.5) is 5.82 Å². The highest BCUT2D eigenvalue weighted by atomic mass is 32.2. The molecule has 2 heterocycles. The van der Waals surface area contributed by atoms with Gasteiger partial charge < -0.3 is 10.7 Å². The number of nitrogens with two attached hydrogens (primary N) is 1. The van der Waals surface area contributed by atoms with E-state index in [9.17, 15) is 8.42 Å². The van der Waals surface area contributed by atoms with Crippen LogP contribution in [0.15, 0.2) is 17.4 Å². The third-order valence-electron chi connectivity index (χ3n) is 2.40. The van der Waals surface area contributed by atoms with E-state index in [2.05, 4.69) is 24.9 Å². The Bertz CT molecular complexity index is 629. The molecule has 0 saturated heterocycles. The number of hydrogen-bond donors (Lipinski definition) is 4. The smallest absolute Gasteiger partial charge is 0.280 e. The summed E-state index contributed by atoms with van der Waals surface area (Å²) in [5.74, 6) is 0.879. The molecule has 0 spiro atoms.